The van der Waals surface area contributed by atoms with Crippen molar-refractivity contribution in [2.45, 2.75) is 19.8 Å². The number of ether oxygens (including phenoxy) is 1. The number of nitrogens with zero attached hydrogens (tertiary/aromatic N) is 1. The van der Waals surface area contributed by atoms with E-state index in [1.165, 1.54) is 0 Å². The lowest BCUT2D eigenvalue weighted by molar-refractivity contribution is -0.142. The van der Waals surface area contributed by atoms with E-state index in [4.69, 9.17) is 16.3 Å². The molecule has 94 valence electrons. The second-order valence-corrected chi connectivity index (χ2v) is 4.24. The van der Waals surface area contributed by atoms with E-state index in [0.717, 1.165) is 6.20 Å². The molecule has 0 aromatic carbocycles. The molecule has 0 atom stereocenters. The molecule has 0 radical (unpaired) electrons. The van der Waals surface area contributed by atoms with Crippen LogP contribution >= 0.6 is 27.5 Å². The lowest BCUT2D eigenvalue weighted by Gasteiger charge is -2.08. The number of carbonyl (C=O) groups excluding carboxylic acids is 1. The van der Waals surface area contributed by atoms with Crippen LogP contribution in [0.15, 0.2) is 10.7 Å². The van der Waals surface area contributed by atoms with Crippen LogP contribution in [0.25, 0.3) is 0 Å². The van der Waals surface area contributed by atoms with Crippen LogP contribution in [0.1, 0.15) is 24.6 Å². The summed E-state index contributed by atoms with van der Waals surface area (Å²) in [5, 5.41) is 0.0100. The van der Waals surface area contributed by atoms with Gasteiger partial charge in [-0.2, -0.15) is 0 Å². The highest BCUT2D eigenvalue weighted by atomic mass is 79.9. The third-order valence-corrected chi connectivity index (χ3v) is 3.40. The van der Waals surface area contributed by atoms with E-state index < -0.39 is 12.4 Å². The summed E-state index contributed by atoms with van der Waals surface area (Å²) in [7, 11) is 0. The zero-order valence-electron chi connectivity index (χ0n) is 8.84. The van der Waals surface area contributed by atoms with Crippen LogP contribution in [0.2, 0.25) is 5.02 Å². The van der Waals surface area contributed by atoms with E-state index in [2.05, 4.69) is 20.9 Å². The normalized spacial score (nSPS) is 10.7. The lowest BCUT2D eigenvalue weighted by atomic mass is 10.2. The van der Waals surface area contributed by atoms with Gasteiger partial charge in [0.15, 0.2) is 0 Å². The van der Waals surface area contributed by atoms with Gasteiger partial charge >= 0.3 is 5.97 Å². The van der Waals surface area contributed by atoms with Crippen molar-refractivity contribution in [3.63, 3.8) is 0 Å². The van der Waals surface area contributed by atoms with Gasteiger partial charge in [-0.1, -0.05) is 11.6 Å². The number of halogens is 4. The van der Waals surface area contributed by atoms with Gasteiger partial charge in [0.05, 0.1) is 29.3 Å². The Balaban J connectivity index is 2.96. The molecule has 3 nitrogen and oxygen atoms in total. The van der Waals surface area contributed by atoms with E-state index in [-0.39, 0.29) is 33.8 Å². The summed E-state index contributed by atoms with van der Waals surface area (Å²) in [4.78, 5) is 15.0. The smallest absolute Gasteiger partial charge is 0.311 e. The Kier molecular flexibility index (Phi) is 5.27. The largest absolute Gasteiger partial charge is 0.466 e. The summed E-state index contributed by atoms with van der Waals surface area (Å²) in [6.07, 6.45) is -1.82. The van der Waals surface area contributed by atoms with Gasteiger partial charge in [0.1, 0.15) is 0 Å². The van der Waals surface area contributed by atoms with Gasteiger partial charge in [-0.05, 0) is 22.9 Å². The van der Waals surface area contributed by atoms with Crippen molar-refractivity contribution < 1.29 is 18.3 Å². The molecule has 7 heteroatoms. The second-order valence-electron chi connectivity index (χ2n) is 3.07. The van der Waals surface area contributed by atoms with Crippen LogP contribution in [0, 0.1) is 0 Å². The Hall–Kier alpha value is -0.750. The minimum absolute atomic E-state index is 0.0100. The number of esters is 1. The standard InChI is InChI=1S/C10H9BrClF2NO2/c1-2-17-7(16)3-6-9(12)8(11)5(4-15-6)10(13)14/h4,10H,2-3H2,1H3. The van der Waals surface area contributed by atoms with Crippen LogP contribution in [-0.2, 0) is 16.0 Å². The monoisotopic (exact) mass is 327 g/mol. The number of alkyl halides is 2. The fourth-order valence-corrected chi connectivity index (χ4v) is 1.87. The van der Waals surface area contributed by atoms with Crippen molar-refractivity contribution in [1.29, 1.82) is 0 Å². The van der Waals surface area contributed by atoms with Gasteiger partial charge < -0.3 is 4.74 Å². The molecule has 0 aliphatic heterocycles. The number of pyridine rings is 1. The molecule has 0 unspecified atom stereocenters. The highest BCUT2D eigenvalue weighted by Crippen LogP contribution is 2.34. The molecular weight excluding hydrogens is 319 g/mol. The fraction of sp³-hybridized carbons (Fsp3) is 0.400. The van der Waals surface area contributed by atoms with Crippen molar-refractivity contribution in [2.75, 3.05) is 6.61 Å². The Labute approximate surface area is 110 Å². The topological polar surface area (TPSA) is 39.2 Å². The SMILES string of the molecule is CCOC(=O)Cc1ncc(C(F)F)c(Br)c1Cl. The molecule has 0 fully saturated rings. The zero-order chi connectivity index (χ0) is 13.0. The van der Waals surface area contributed by atoms with E-state index >= 15 is 0 Å². The third kappa shape index (κ3) is 3.61. The molecule has 0 aliphatic carbocycles. The van der Waals surface area contributed by atoms with Gasteiger partial charge in [0.2, 0.25) is 0 Å². The fourth-order valence-electron chi connectivity index (χ4n) is 1.14. The molecule has 0 amide bonds. The number of carbonyl (C=O) groups is 1. The molecule has 1 aromatic rings. The highest BCUT2D eigenvalue weighted by Gasteiger charge is 2.19. The molecule has 0 bridgehead atoms. The van der Waals surface area contributed by atoms with Crippen LogP contribution < -0.4 is 0 Å². The van der Waals surface area contributed by atoms with Crippen molar-refractivity contribution >= 4 is 33.5 Å². The van der Waals surface area contributed by atoms with Gasteiger partial charge in [0, 0.05) is 10.7 Å². The van der Waals surface area contributed by atoms with E-state index in [0.29, 0.717) is 0 Å². The maximum absolute atomic E-state index is 12.5. The van der Waals surface area contributed by atoms with Crippen molar-refractivity contribution in [1.82, 2.24) is 4.98 Å². The second kappa shape index (κ2) is 6.26. The molecule has 0 spiro atoms. The summed E-state index contributed by atoms with van der Waals surface area (Å²) in [6.45, 7) is 1.91. The van der Waals surface area contributed by atoms with E-state index in [1.54, 1.807) is 6.92 Å². The minimum Gasteiger partial charge on any atom is -0.466 e. The lowest BCUT2D eigenvalue weighted by Crippen LogP contribution is -2.10. The average molecular weight is 329 g/mol. The first-order valence-corrected chi connectivity index (χ1v) is 5.91. The van der Waals surface area contributed by atoms with Crippen molar-refractivity contribution in [2.24, 2.45) is 0 Å². The predicted octanol–water partition coefficient (Wildman–Crippen LogP) is 3.54. The highest BCUT2D eigenvalue weighted by molar-refractivity contribution is 9.10. The Morgan fingerprint density at radius 1 is 1.65 bits per heavy atom. The summed E-state index contributed by atoms with van der Waals surface area (Å²) in [5.41, 5.74) is -0.0935. The minimum atomic E-state index is -2.67. The number of hydrogen-bond donors (Lipinski definition) is 0. The molecular formula is C10H9BrClF2NO2. The van der Waals surface area contributed by atoms with Crippen LogP contribution in [-0.4, -0.2) is 17.6 Å². The van der Waals surface area contributed by atoms with Gasteiger partial charge in [-0.3, -0.25) is 9.78 Å². The summed E-state index contributed by atoms with van der Waals surface area (Å²) in [5.74, 6) is -0.501. The van der Waals surface area contributed by atoms with E-state index in [1.807, 2.05) is 0 Å². The summed E-state index contributed by atoms with van der Waals surface area (Å²) >= 11 is 8.79. The number of rotatable bonds is 4. The first-order valence-electron chi connectivity index (χ1n) is 4.73. The average Bonchev–Trinajstić information content (AvgIpc) is 2.25. The van der Waals surface area contributed by atoms with Crippen molar-refractivity contribution in [3.05, 3.63) is 26.9 Å². The van der Waals surface area contributed by atoms with Crippen LogP contribution in [0.3, 0.4) is 0 Å². The van der Waals surface area contributed by atoms with Gasteiger partial charge in [0.25, 0.3) is 6.43 Å². The quantitative estimate of drug-likeness (QED) is 0.794. The molecule has 0 saturated heterocycles. The number of aromatic nitrogens is 1. The molecule has 1 rings (SSSR count). The van der Waals surface area contributed by atoms with E-state index in [9.17, 15) is 13.6 Å². The first-order chi connectivity index (χ1) is 7.97. The van der Waals surface area contributed by atoms with Gasteiger partial charge in [-0.15, -0.1) is 0 Å². The molecule has 0 aliphatic rings. The predicted molar refractivity (Wildman–Crippen MR) is 62.2 cm³/mol. The Bertz CT molecular complexity index is 429. The third-order valence-electron chi connectivity index (χ3n) is 1.91. The molecule has 0 N–H and O–H groups in total. The van der Waals surface area contributed by atoms with Crippen molar-refractivity contribution in [3.8, 4) is 0 Å². The maximum atomic E-state index is 12.5. The molecule has 1 heterocycles. The summed E-state index contributed by atoms with van der Waals surface area (Å²) < 4.78 is 29.8. The maximum Gasteiger partial charge on any atom is 0.311 e. The first kappa shape index (κ1) is 14.3. The number of hydrogen-bond acceptors (Lipinski definition) is 3. The van der Waals surface area contributed by atoms with Crippen LogP contribution in [0.5, 0.6) is 0 Å². The van der Waals surface area contributed by atoms with Gasteiger partial charge in [-0.25, -0.2) is 8.78 Å². The Morgan fingerprint density at radius 3 is 2.82 bits per heavy atom. The molecule has 17 heavy (non-hydrogen) atoms. The summed E-state index contributed by atoms with van der Waals surface area (Å²) in [6, 6.07) is 0. The van der Waals surface area contributed by atoms with Crippen LogP contribution in [0.4, 0.5) is 8.78 Å². The molecule has 1 aromatic heterocycles. The molecule has 0 saturated carbocycles. The zero-order valence-corrected chi connectivity index (χ0v) is 11.2. The Morgan fingerprint density at radius 2 is 2.29 bits per heavy atom.